The van der Waals surface area contributed by atoms with Crippen LogP contribution in [0.4, 0.5) is 0 Å². The van der Waals surface area contributed by atoms with Crippen molar-refractivity contribution in [3.8, 4) is 0 Å². The topological polar surface area (TPSA) is 86.6 Å². The number of halogens is 2. The number of rotatable bonds is 5. The Kier molecular flexibility index (Phi) is 3.62. The van der Waals surface area contributed by atoms with Crippen LogP contribution in [0.15, 0.2) is 18.2 Å². The van der Waals surface area contributed by atoms with E-state index in [-0.39, 0.29) is 12.5 Å². The van der Waals surface area contributed by atoms with E-state index in [2.05, 4.69) is 5.32 Å². The third-order valence-corrected chi connectivity index (χ3v) is 5.31. The molecule has 2 bridgehead atoms. The minimum Gasteiger partial charge on any atom is -0.481 e. The summed E-state index contributed by atoms with van der Waals surface area (Å²) in [6.07, 6.45) is 0.228. The molecule has 1 aromatic carbocycles. The monoisotopic (exact) mass is 343 g/mol. The van der Waals surface area contributed by atoms with Gasteiger partial charge in [0.05, 0.1) is 16.9 Å². The Morgan fingerprint density at radius 1 is 1.23 bits per heavy atom. The van der Waals surface area contributed by atoms with E-state index in [9.17, 15) is 14.7 Å². The number of nitrogens with one attached hydrogen (secondary N) is 1. The van der Waals surface area contributed by atoms with Crippen LogP contribution in [-0.2, 0) is 9.59 Å². The molecule has 7 heteroatoms. The number of aliphatic carboxylic acids is 1. The van der Waals surface area contributed by atoms with Gasteiger partial charge >= 0.3 is 5.97 Å². The van der Waals surface area contributed by atoms with Crippen molar-refractivity contribution < 1.29 is 19.8 Å². The molecule has 3 aliphatic carbocycles. The van der Waals surface area contributed by atoms with Gasteiger partial charge in [-0.05, 0) is 31.4 Å². The van der Waals surface area contributed by atoms with Gasteiger partial charge in [0.15, 0.2) is 0 Å². The fourth-order valence-corrected chi connectivity index (χ4v) is 4.05. The molecule has 5 nitrogen and oxygen atoms in total. The van der Waals surface area contributed by atoms with Crippen LogP contribution in [0.3, 0.4) is 0 Å². The molecule has 1 amide bonds. The lowest BCUT2D eigenvalue weighted by molar-refractivity contribution is -0.220. The van der Waals surface area contributed by atoms with Crippen LogP contribution in [0, 0.1) is 10.8 Å². The molecular weight excluding hydrogens is 329 g/mol. The van der Waals surface area contributed by atoms with Crippen LogP contribution >= 0.6 is 23.2 Å². The predicted molar refractivity (Wildman–Crippen MR) is 80.8 cm³/mol. The highest BCUT2D eigenvalue weighted by atomic mass is 35.5. The number of carboxylic acid groups (broad SMARTS) is 1. The summed E-state index contributed by atoms with van der Waals surface area (Å²) in [5.74, 6) is -1.02. The Balaban J connectivity index is 1.55. The summed E-state index contributed by atoms with van der Waals surface area (Å²) in [5.41, 5.74) is -0.747. The minimum absolute atomic E-state index is 0.0298. The van der Waals surface area contributed by atoms with Gasteiger partial charge in [0.2, 0.25) is 5.91 Å². The van der Waals surface area contributed by atoms with E-state index in [0.717, 1.165) is 0 Å². The number of carbonyl (C=O) groups excluding carboxylic acids is 1. The summed E-state index contributed by atoms with van der Waals surface area (Å²) in [6.45, 7) is 0.0298. The van der Waals surface area contributed by atoms with Crippen LogP contribution < -0.4 is 5.32 Å². The first kappa shape index (κ1) is 15.6. The second-order valence-electron chi connectivity index (χ2n) is 6.29. The average molecular weight is 344 g/mol. The zero-order valence-electron chi connectivity index (χ0n) is 11.6. The van der Waals surface area contributed by atoms with Gasteiger partial charge in [-0.2, -0.15) is 0 Å². The lowest BCUT2D eigenvalue weighted by atomic mass is 9.35. The van der Waals surface area contributed by atoms with E-state index in [1.54, 1.807) is 12.1 Å². The molecule has 0 radical (unpaired) electrons. The van der Waals surface area contributed by atoms with Crippen molar-refractivity contribution in [2.24, 2.45) is 10.8 Å². The van der Waals surface area contributed by atoms with Crippen molar-refractivity contribution >= 4 is 35.1 Å². The van der Waals surface area contributed by atoms with E-state index in [4.69, 9.17) is 28.3 Å². The summed E-state index contributed by atoms with van der Waals surface area (Å²) in [4.78, 5) is 23.2. The molecule has 4 rings (SSSR count). The Hall–Kier alpha value is -1.30. The Labute approximate surface area is 137 Å². The van der Waals surface area contributed by atoms with Crippen molar-refractivity contribution in [2.45, 2.75) is 25.4 Å². The standard InChI is InChI=1S/C15H15Cl2NO4/c16-8-1-2-9(10(17)3-8)11(19)4-18-12(20)14-5-15(6-14,7-14)13(21)22/h1-3,11,19H,4-7H2,(H,18,20)(H,21,22). The molecule has 3 saturated carbocycles. The van der Waals surface area contributed by atoms with Gasteiger partial charge in [-0.3, -0.25) is 9.59 Å². The summed E-state index contributed by atoms with van der Waals surface area (Å²) in [7, 11) is 0. The second kappa shape index (κ2) is 5.11. The number of aliphatic hydroxyl groups excluding tert-OH is 1. The molecule has 118 valence electrons. The third kappa shape index (κ3) is 2.28. The van der Waals surface area contributed by atoms with Crippen molar-refractivity contribution in [3.63, 3.8) is 0 Å². The molecule has 1 atom stereocenters. The lowest BCUT2D eigenvalue weighted by Crippen LogP contribution is -2.70. The SMILES string of the molecule is O=C(O)C12CC(C(=O)NCC(O)c3ccc(Cl)cc3Cl)(C1)C2. The van der Waals surface area contributed by atoms with E-state index < -0.39 is 22.9 Å². The predicted octanol–water partition coefficient (Wildman–Crippen LogP) is 2.40. The normalized spacial score (nSPS) is 30.0. The van der Waals surface area contributed by atoms with Gasteiger partial charge < -0.3 is 15.5 Å². The van der Waals surface area contributed by atoms with Gasteiger partial charge in [-0.15, -0.1) is 0 Å². The lowest BCUT2D eigenvalue weighted by Gasteiger charge is -2.66. The maximum atomic E-state index is 12.2. The van der Waals surface area contributed by atoms with Gasteiger partial charge in [0.1, 0.15) is 0 Å². The molecule has 3 fully saturated rings. The largest absolute Gasteiger partial charge is 0.481 e. The number of hydrogen-bond acceptors (Lipinski definition) is 3. The number of hydrogen-bond donors (Lipinski definition) is 3. The number of carboxylic acids is 1. The van der Waals surface area contributed by atoms with Gasteiger partial charge in [0, 0.05) is 22.2 Å². The van der Waals surface area contributed by atoms with Crippen molar-refractivity contribution in [3.05, 3.63) is 33.8 Å². The van der Waals surface area contributed by atoms with Gasteiger partial charge in [-0.25, -0.2) is 0 Å². The molecule has 22 heavy (non-hydrogen) atoms. The van der Waals surface area contributed by atoms with E-state index >= 15 is 0 Å². The first-order valence-corrected chi connectivity index (χ1v) is 7.68. The number of aliphatic hydroxyl groups is 1. The van der Waals surface area contributed by atoms with Gasteiger partial charge in [-0.1, -0.05) is 29.3 Å². The number of benzene rings is 1. The van der Waals surface area contributed by atoms with Crippen LogP contribution in [0.1, 0.15) is 30.9 Å². The molecule has 1 unspecified atom stereocenters. The highest BCUT2D eigenvalue weighted by Crippen LogP contribution is 2.73. The fourth-order valence-electron chi connectivity index (χ4n) is 3.51. The van der Waals surface area contributed by atoms with Crippen molar-refractivity contribution in [1.82, 2.24) is 5.32 Å². The Morgan fingerprint density at radius 3 is 2.41 bits per heavy atom. The van der Waals surface area contributed by atoms with E-state index in [1.807, 2.05) is 0 Å². The van der Waals surface area contributed by atoms with Crippen molar-refractivity contribution in [2.75, 3.05) is 6.54 Å². The first-order valence-electron chi connectivity index (χ1n) is 6.93. The van der Waals surface area contributed by atoms with Crippen LogP contribution in [0.25, 0.3) is 0 Å². The van der Waals surface area contributed by atoms with E-state index in [1.165, 1.54) is 6.07 Å². The van der Waals surface area contributed by atoms with Crippen molar-refractivity contribution in [1.29, 1.82) is 0 Å². The smallest absolute Gasteiger partial charge is 0.309 e. The second-order valence-corrected chi connectivity index (χ2v) is 7.13. The number of carbonyl (C=O) groups is 2. The van der Waals surface area contributed by atoms with Crippen LogP contribution in [-0.4, -0.2) is 28.6 Å². The first-order chi connectivity index (χ1) is 10.3. The van der Waals surface area contributed by atoms with E-state index in [0.29, 0.717) is 34.9 Å². The molecule has 0 aliphatic heterocycles. The van der Waals surface area contributed by atoms with Crippen LogP contribution in [0.2, 0.25) is 10.0 Å². The van der Waals surface area contributed by atoms with Crippen LogP contribution in [0.5, 0.6) is 0 Å². The van der Waals surface area contributed by atoms with Gasteiger partial charge in [0.25, 0.3) is 0 Å². The quantitative estimate of drug-likeness (QED) is 0.766. The average Bonchev–Trinajstić information content (AvgIpc) is 2.32. The minimum atomic E-state index is -0.936. The fraction of sp³-hybridized carbons (Fsp3) is 0.467. The zero-order valence-corrected chi connectivity index (χ0v) is 13.1. The Morgan fingerprint density at radius 2 is 1.86 bits per heavy atom. The highest BCUT2D eigenvalue weighted by molar-refractivity contribution is 6.35. The summed E-state index contributed by atoms with van der Waals surface area (Å²) in [5, 5.41) is 22.7. The molecule has 0 saturated heterocycles. The molecule has 0 spiro atoms. The molecule has 3 N–H and O–H groups in total. The molecule has 0 aromatic heterocycles. The zero-order chi connectivity index (χ0) is 16.1. The molecular formula is C15H15Cl2NO4. The Bertz CT molecular complexity index is 641. The summed E-state index contributed by atoms with van der Waals surface area (Å²) in [6, 6.07) is 4.76. The maximum absolute atomic E-state index is 12.2. The molecule has 1 aromatic rings. The molecule has 3 aliphatic rings. The number of amides is 1. The highest BCUT2D eigenvalue weighted by Gasteiger charge is 2.75. The maximum Gasteiger partial charge on any atom is 0.309 e. The summed E-state index contributed by atoms with van der Waals surface area (Å²) < 4.78 is 0. The summed E-state index contributed by atoms with van der Waals surface area (Å²) >= 11 is 11.8. The molecule has 0 heterocycles. The third-order valence-electron chi connectivity index (χ3n) is 4.74.